The molecular formula is C21H29N3O3. The molecule has 0 aromatic heterocycles. The van der Waals surface area contributed by atoms with Gasteiger partial charge in [0.1, 0.15) is 11.5 Å². The Morgan fingerprint density at radius 3 is 2.52 bits per heavy atom. The first-order chi connectivity index (χ1) is 13.2. The third-order valence-electron chi connectivity index (χ3n) is 3.78. The third-order valence-corrected chi connectivity index (χ3v) is 3.78. The van der Waals surface area contributed by atoms with Crippen LogP contribution in [0.3, 0.4) is 0 Å². The molecule has 6 nitrogen and oxygen atoms in total. The molecule has 0 amide bonds. The molecule has 0 aliphatic carbocycles. The van der Waals surface area contributed by atoms with E-state index in [1.54, 1.807) is 14.2 Å². The van der Waals surface area contributed by atoms with Crippen LogP contribution in [0.4, 0.5) is 5.69 Å². The Labute approximate surface area is 161 Å². The monoisotopic (exact) mass is 371 g/mol. The van der Waals surface area contributed by atoms with Crippen LogP contribution < -0.4 is 20.1 Å². The lowest BCUT2D eigenvalue weighted by atomic mass is 10.2. The van der Waals surface area contributed by atoms with E-state index in [-0.39, 0.29) is 0 Å². The van der Waals surface area contributed by atoms with Crippen LogP contribution in [0.5, 0.6) is 11.5 Å². The summed E-state index contributed by atoms with van der Waals surface area (Å²) >= 11 is 0. The number of hydrogen-bond acceptors (Lipinski definition) is 4. The van der Waals surface area contributed by atoms with E-state index in [2.05, 4.69) is 15.6 Å². The fourth-order valence-corrected chi connectivity index (χ4v) is 2.40. The Morgan fingerprint density at radius 1 is 1.00 bits per heavy atom. The molecule has 6 heteroatoms. The number of ether oxygens (including phenoxy) is 3. The van der Waals surface area contributed by atoms with Crippen LogP contribution in [0.15, 0.2) is 53.5 Å². The zero-order chi connectivity index (χ0) is 19.3. The van der Waals surface area contributed by atoms with Crippen molar-refractivity contribution in [2.75, 3.05) is 39.3 Å². The summed E-state index contributed by atoms with van der Waals surface area (Å²) in [6, 6.07) is 15.8. The van der Waals surface area contributed by atoms with Gasteiger partial charge >= 0.3 is 0 Å². The van der Waals surface area contributed by atoms with Crippen molar-refractivity contribution in [3.63, 3.8) is 0 Å². The number of rotatable bonds is 10. The minimum atomic E-state index is 0.576. The summed E-state index contributed by atoms with van der Waals surface area (Å²) < 4.78 is 16.0. The molecule has 27 heavy (non-hydrogen) atoms. The average molecular weight is 371 g/mol. The van der Waals surface area contributed by atoms with Gasteiger partial charge in [0.25, 0.3) is 0 Å². The molecule has 0 aliphatic rings. The molecular weight excluding hydrogens is 342 g/mol. The van der Waals surface area contributed by atoms with Crippen LogP contribution in [0, 0.1) is 0 Å². The summed E-state index contributed by atoms with van der Waals surface area (Å²) in [5.74, 6) is 2.39. The van der Waals surface area contributed by atoms with Gasteiger partial charge in [0.05, 0.1) is 20.3 Å². The van der Waals surface area contributed by atoms with E-state index in [0.29, 0.717) is 19.8 Å². The van der Waals surface area contributed by atoms with Crippen molar-refractivity contribution in [1.82, 2.24) is 5.32 Å². The first kappa shape index (κ1) is 20.6. The first-order valence-corrected chi connectivity index (χ1v) is 9.15. The first-order valence-electron chi connectivity index (χ1n) is 9.15. The molecule has 0 saturated carbocycles. The van der Waals surface area contributed by atoms with Crippen molar-refractivity contribution in [1.29, 1.82) is 0 Å². The van der Waals surface area contributed by atoms with Gasteiger partial charge in [-0.15, -0.1) is 0 Å². The largest absolute Gasteiger partial charge is 0.497 e. The predicted octanol–water partition coefficient (Wildman–Crippen LogP) is 3.69. The van der Waals surface area contributed by atoms with Crippen LogP contribution in [0.25, 0.3) is 0 Å². The summed E-state index contributed by atoms with van der Waals surface area (Å²) in [5.41, 5.74) is 2.04. The van der Waals surface area contributed by atoms with Crippen LogP contribution in [0.1, 0.15) is 18.9 Å². The van der Waals surface area contributed by atoms with E-state index in [4.69, 9.17) is 14.2 Å². The lowest BCUT2D eigenvalue weighted by molar-refractivity contribution is 0.172. The zero-order valence-corrected chi connectivity index (χ0v) is 16.3. The average Bonchev–Trinajstić information content (AvgIpc) is 2.70. The molecule has 0 unspecified atom stereocenters. The summed E-state index contributed by atoms with van der Waals surface area (Å²) in [6.07, 6.45) is 0.861. The van der Waals surface area contributed by atoms with Gasteiger partial charge in [-0.2, -0.15) is 0 Å². The second kappa shape index (κ2) is 11.8. The second-order valence-electron chi connectivity index (χ2n) is 5.89. The van der Waals surface area contributed by atoms with Crippen LogP contribution in [-0.4, -0.2) is 39.9 Å². The van der Waals surface area contributed by atoms with Gasteiger partial charge < -0.3 is 24.8 Å². The molecule has 0 aliphatic heterocycles. The maximum Gasteiger partial charge on any atom is 0.196 e. The van der Waals surface area contributed by atoms with Gasteiger partial charge in [0.15, 0.2) is 5.96 Å². The lowest BCUT2D eigenvalue weighted by Gasteiger charge is -2.13. The van der Waals surface area contributed by atoms with Crippen molar-refractivity contribution >= 4 is 11.6 Å². The highest BCUT2D eigenvalue weighted by molar-refractivity contribution is 5.93. The molecule has 2 N–H and O–H groups in total. The third kappa shape index (κ3) is 7.58. The molecule has 0 spiro atoms. The van der Waals surface area contributed by atoms with Gasteiger partial charge in [-0.25, -0.2) is 4.99 Å². The molecule has 2 rings (SSSR count). The van der Waals surface area contributed by atoms with Crippen molar-refractivity contribution in [2.45, 2.75) is 19.9 Å². The SMILES string of the molecule is CCNC(=NCc1ccc(OC)cc1)Nc1cccc(OCCCOC)c1. The molecule has 146 valence electrons. The van der Waals surface area contributed by atoms with E-state index in [1.807, 2.05) is 55.5 Å². The predicted molar refractivity (Wildman–Crippen MR) is 110 cm³/mol. The number of guanidine groups is 1. The van der Waals surface area contributed by atoms with Crippen LogP contribution in [-0.2, 0) is 11.3 Å². The molecule has 0 atom stereocenters. The van der Waals surface area contributed by atoms with E-state index in [9.17, 15) is 0 Å². The number of anilines is 1. The maximum absolute atomic E-state index is 5.75. The number of methoxy groups -OCH3 is 2. The second-order valence-corrected chi connectivity index (χ2v) is 5.89. The molecule has 0 heterocycles. The topological polar surface area (TPSA) is 64.1 Å². The van der Waals surface area contributed by atoms with E-state index < -0.39 is 0 Å². The Bertz CT molecular complexity index is 702. The molecule has 0 saturated heterocycles. The van der Waals surface area contributed by atoms with Gasteiger partial charge in [0, 0.05) is 38.4 Å². The summed E-state index contributed by atoms with van der Waals surface area (Å²) in [5, 5.41) is 6.58. The molecule has 2 aromatic rings. The molecule has 0 radical (unpaired) electrons. The van der Waals surface area contributed by atoms with Gasteiger partial charge in [-0.1, -0.05) is 18.2 Å². The number of nitrogens with zero attached hydrogens (tertiary/aromatic N) is 1. The Morgan fingerprint density at radius 2 is 1.81 bits per heavy atom. The minimum absolute atomic E-state index is 0.576. The zero-order valence-electron chi connectivity index (χ0n) is 16.3. The number of nitrogens with one attached hydrogen (secondary N) is 2. The van der Waals surface area contributed by atoms with Crippen molar-refractivity contribution in [3.05, 3.63) is 54.1 Å². The quantitative estimate of drug-likeness (QED) is 0.379. The van der Waals surface area contributed by atoms with Crippen LogP contribution in [0.2, 0.25) is 0 Å². The lowest BCUT2D eigenvalue weighted by Crippen LogP contribution is -2.30. The fraction of sp³-hybridized carbons (Fsp3) is 0.381. The maximum atomic E-state index is 5.75. The summed E-state index contributed by atoms with van der Waals surface area (Å²) in [6.45, 7) is 4.72. The minimum Gasteiger partial charge on any atom is -0.497 e. The number of aliphatic imine (C=N–C) groups is 1. The van der Waals surface area contributed by atoms with Crippen molar-refractivity contribution in [2.24, 2.45) is 4.99 Å². The van der Waals surface area contributed by atoms with Crippen molar-refractivity contribution in [3.8, 4) is 11.5 Å². The number of benzene rings is 2. The van der Waals surface area contributed by atoms with Crippen LogP contribution >= 0.6 is 0 Å². The Kier molecular flexibility index (Phi) is 9.00. The highest BCUT2D eigenvalue weighted by Gasteiger charge is 2.02. The highest BCUT2D eigenvalue weighted by atomic mass is 16.5. The molecule has 0 fully saturated rings. The molecule has 2 aromatic carbocycles. The standard InChI is InChI=1S/C21H29N3O3/c1-4-22-21(23-16-17-9-11-19(26-3)12-10-17)24-18-7-5-8-20(15-18)27-14-6-13-25-2/h5,7-12,15H,4,6,13-14,16H2,1-3H3,(H2,22,23,24). The highest BCUT2D eigenvalue weighted by Crippen LogP contribution is 2.18. The van der Waals surface area contributed by atoms with E-state index in [1.165, 1.54) is 0 Å². The Balaban J connectivity index is 1.97. The smallest absolute Gasteiger partial charge is 0.196 e. The summed E-state index contributed by atoms with van der Waals surface area (Å²) in [4.78, 5) is 4.65. The number of hydrogen-bond donors (Lipinski definition) is 2. The fourth-order valence-electron chi connectivity index (χ4n) is 2.40. The summed E-state index contributed by atoms with van der Waals surface area (Å²) in [7, 11) is 3.36. The van der Waals surface area contributed by atoms with Crippen molar-refractivity contribution < 1.29 is 14.2 Å². The van der Waals surface area contributed by atoms with E-state index >= 15 is 0 Å². The van der Waals surface area contributed by atoms with Gasteiger partial charge in [-0.05, 0) is 36.8 Å². The Hall–Kier alpha value is -2.73. The molecule has 0 bridgehead atoms. The van der Waals surface area contributed by atoms with Gasteiger partial charge in [0.2, 0.25) is 0 Å². The normalized spacial score (nSPS) is 11.1. The van der Waals surface area contributed by atoms with E-state index in [0.717, 1.165) is 41.7 Å². The van der Waals surface area contributed by atoms with Gasteiger partial charge in [-0.3, -0.25) is 0 Å².